The Balaban J connectivity index is 1.69. The van der Waals surface area contributed by atoms with Crippen molar-refractivity contribution in [3.05, 3.63) is 46.8 Å². The molecule has 8 heteroatoms. The number of hydrogen-bond acceptors (Lipinski definition) is 4. The standard InChI is InChI=1S/C13H13BrN6O/c1-8(11-15-4-5-16-11)6-17-12(21)9-2-3-10-18-13(14)19-20(10)7-9/h2-5,7-8H,6H2,1H3,(H,15,16)(H,17,21). The summed E-state index contributed by atoms with van der Waals surface area (Å²) in [7, 11) is 0. The van der Waals surface area contributed by atoms with Gasteiger partial charge in [-0.25, -0.2) is 14.5 Å². The maximum absolute atomic E-state index is 12.2. The van der Waals surface area contributed by atoms with Crippen LogP contribution in [-0.2, 0) is 0 Å². The molecule has 0 aliphatic carbocycles. The molecule has 3 heterocycles. The van der Waals surface area contributed by atoms with Crippen LogP contribution in [0.2, 0.25) is 0 Å². The van der Waals surface area contributed by atoms with Gasteiger partial charge in [0.2, 0.25) is 4.73 Å². The van der Waals surface area contributed by atoms with Gasteiger partial charge in [0, 0.05) is 31.1 Å². The van der Waals surface area contributed by atoms with E-state index in [1.54, 1.807) is 35.2 Å². The van der Waals surface area contributed by atoms with Gasteiger partial charge in [0.1, 0.15) is 5.82 Å². The minimum Gasteiger partial charge on any atom is -0.351 e. The zero-order valence-electron chi connectivity index (χ0n) is 11.2. The fourth-order valence-corrected chi connectivity index (χ4v) is 2.33. The number of nitrogens with zero attached hydrogens (tertiary/aromatic N) is 4. The van der Waals surface area contributed by atoms with E-state index in [2.05, 4.69) is 41.3 Å². The number of halogens is 1. The van der Waals surface area contributed by atoms with Gasteiger partial charge < -0.3 is 10.3 Å². The highest BCUT2D eigenvalue weighted by atomic mass is 79.9. The lowest BCUT2D eigenvalue weighted by Crippen LogP contribution is -2.28. The third kappa shape index (κ3) is 2.94. The van der Waals surface area contributed by atoms with Gasteiger partial charge >= 0.3 is 0 Å². The van der Waals surface area contributed by atoms with Crippen molar-refractivity contribution in [2.45, 2.75) is 12.8 Å². The van der Waals surface area contributed by atoms with Crippen LogP contribution in [0.5, 0.6) is 0 Å². The Morgan fingerprint density at radius 2 is 2.38 bits per heavy atom. The van der Waals surface area contributed by atoms with Gasteiger partial charge in [-0.15, -0.1) is 5.10 Å². The molecule has 108 valence electrons. The summed E-state index contributed by atoms with van der Waals surface area (Å²) in [5.41, 5.74) is 1.22. The summed E-state index contributed by atoms with van der Waals surface area (Å²) in [5.74, 6) is 0.820. The number of nitrogens with one attached hydrogen (secondary N) is 2. The van der Waals surface area contributed by atoms with Crippen molar-refractivity contribution in [1.29, 1.82) is 0 Å². The van der Waals surface area contributed by atoms with Gasteiger partial charge in [0.05, 0.1) is 5.56 Å². The second kappa shape index (κ2) is 5.65. The average Bonchev–Trinajstić information content (AvgIpc) is 3.11. The van der Waals surface area contributed by atoms with Gasteiger partial charge in [-0.2, -0.15) is 0 Å². The number of aromatic nitrogens is 5. The lowest BCUT2D eigenvalue weighted by molar-refractivity contribution is 0.0951. The second-order valence-corrected chi connectivity index (χ2v) is 5.40. The molecule has 0 saturated heterocycles. The van der Waals surface area contributed by atoms with E-state index in [-0.39, 0.29) is 11.8 Å². The van der Waals surface area contributed by atoms with Crippen molar-refractivity contribution >= 4 is 27.5 Å². The number of carbonyl (C=O) groups excluding carboxylic acids is 1. The van der Waals surface area contributed by atoms with E-state index in [0.717, 1.165) is 5.82 Å². The molecule has 3 aromatic heterocycles. The summed E-state index contributed by atoms with van der Waals surface area (Å²) in [6.07, 6.45) is 5.12. The Morgan fingerprint density at radius 3 is 3.14 bits per heavy atom. The van der Waals surface area contributed by atoms with Gasteiger partial charge in [0.15, 0.2) is 5.65 Å². The quantitative estimate of drug-likeness (QED) is 0.751. The first kappa shape index (κ1) is 13.7. The topological polar surface area (TPSA) is 88.0 Å². The van der Waals surface area contributed by atoms with Crippen molar-refractivity contribution < 1.29 is 4.79 Å². The summed E-state index contributed by atoms with van der Waals surface area (Å²) in [6.45, 7) is 2.50. The third-order valence-corrected chi connectivity index (χ3v) is 3.46. The minimum atomic E-state index is -0.151. The molecule has 7 nitrogen and oxygen atoms in total. The normalized spacial score (nSPS) is 12.5. The smallest absolute Gasteiger partial charge is 0.252 e. The third-order valence-electron chi connectivity index (χ3n) is 3.12. The molecule has 0 aliphatic heterocycles. The zero-order chi connectivity index (χ0) is 14.8. The van der Waals surface area contributed by atoms with E-state index < -0.39 is 0 Å². The number of aromatic amines is 1. The molecule has 0 saturated carbocycles. The monoisotopic (exact) mass is 348 g/mol. The molecule has 3 aromatic rings. The van der Waals surface area contributed by atoms with Crippen LogP contribution < -0.4 is 5.32 Å². The summed E-state index contributed by atoms with van der Waals surface area (Å²) in [5, 5.41) is 7.01. The van der Waals surface area contributed by atoms with E-state index in [0.29, 0.717) is 22.5 Å². The first-order valence-electron chi connectivity index (χ1n) is 6.43. The Bertz CT molecular complexity index is 766. The van der Waals surface area contributed by atoms with Crippen LogP contribution in [0.25, 0.3) is 5.65 Å². The summed E-state index contributed by atoms with van der Waals surface area (Å²) in [4.78, 5) is 23.5. The van der Waals surface area contributed by atoms with Crippen LogP contribution in [0.3, 0.4) is 0 Å². The molecule has 3 rings (SSSR count). The lowest BCUT2D eigenvalue weighted by Gasteiger charge is -2.10. The first-order valence-corrected chi connectivity index (χ1v) is 7.22. The molecule has 1 amide bonds. The largest absolute Gasteiger partial charge is 0.351 e. The highest BCUT2D eigenvalue weighted by Crippen LogP contribution is 2.10. The predicted octanol–water partition coefficient (Wildman–Crippen LogP) is 1.75. The molecule has 0 fully saturated rings. The number of amides is 1. The number of hydrogen-bond donors (Lipinski definition) is 2. The van der Waals surface area contributed by atoms with E-state index in [1.165, 1.54) is 0 Å². The Labute approximate surface area is 128 Å². The molecular formula is C13H13BrN6O. The van der Waals surface area contributed by atoms with Crippen LogP contribution in [0.4, 0.5) is 0 Å². The Kier molecular flexibility index (Phi) is 3.70. The van der Waals surface area contributed by atoms with E-state index >= 15 is 0 Å². The van der Waals surface area contributed by atoms with Crippen LogP contribution in [0.15, 0.2) is 35.5 Å². The SMILES string of the molecule is CC(CNC(=O)c1ccc2nc(Br)nn2c1)c1ncc[nH]1. The molecule has 1 unspecified atom stereocenters. The van der Waals surface area contributed by atoms with Crippen molar-refractivity contribution in [2.75, 3.05) is 6.54 Å². The van der Waals surface area contributed by atoms with Crippen LogP contribution >= 0.6 is 15.9 Å². The number of imidazole rings is 1. The van der Waals surface area contributed by atoms with Gasteiger partial charge in [-0.3, -0.25) is 4.79 Å². The first-order chi connectivity index (χ1) is 10.1. The number of rotatable bonds is 4. The molecule has 1 atom stereocenters. The molecule has 21 heavy (non-hydrogen) atoms. The van der Waals surface area contributed by atoms with Crippen LogP contribution in [0, 0.1) is 0 Å². The highest BCUT2D eigenvalue weighted by Gasteiger charge is 2.12. The number of pyridine rings is 1. The van der Waals surface area contributed by atoms with Gasteiger partial charge in [0.25, 0.3) is 5.91 Å². The fraction of sp³-hybridized carbons (Fsp3) is 0.231. The molecule has 0 aromatic carbocycles. The second-order valence-electron chi connectivity index (χ2n) is 4.69. The molecule has 0 bridgehead atoms. The van der Waals surface area contributed by atoms with E-state index in [4.69, 9.17) is 0 Å². The van der Waals surface area contributed by atoms with Crippen molar-refractivity contribution in [3.8, 4) is 0 Å². The summed E-state index contributed by atoms with van der Waals surface area (Å²) < 4.78 is 2.06. The van der Waals surface area contributed by atoms with Gasteiger partial charge in [-0.1, -0.05) is 6.92 Å². The number of H-pyrrole nitrogens is 1. The van der Waals surface area contributed by atoms with Crippen molar-refractivity contribution in [3.63, 3.8) is 0 Å². The fourth-order valence-electron chi connectivity index (χ4n) is 1.98. The molecular weight excluding hydrogens is 336 g/mol. The maximum Gasteiger partial charge on any atom is 0.252 e. The predicted molar refractivity (Wildman–Crippen MR) is 80.0 cm³/mol. The van der Waals surface area contributed by atoms with Crippen molar-refractivity contribution in [2.24, 2.45) is 0 Å². The lowest BCUT2D eigenvalue weighted by atomic mass is 10.1. The Hall–Kier alpha value is -2.22. The molecule has 0 aliphatic rings. The Morgan fingerprint density at radius 1 is 1.52 bits per heavy atom. The van der Waals surface area contributed by atoms with E-state index in [9.17, 15) is 4.79 Å². The summed E-state index contributed by atoms with van der Waals surface area (Å²) >= 11 is 3.20. The van der Waals surface area contributed by atoms with Crippen LogP contribution in [-0.4, -0.2) is 37.0 Å². The average molecular weight is 349 g/mol. The maximum atomic E-state index is 12.2. The van der Waals surface area contributed by atoms with E-state index in [1.807, 2.05) is 6.92 Å². The number of carbonyl (C=O) groups is 1. The molecule has 2 N–H and O–H groups in total. The van der Waals surface area contributed by atoms with Gasteiger partial charge in [-0.05, 0) is 28.1 Å². The number of fused-ring (bicyclic) bond motifs is 1. The summed E-state index contributed by atoms with van der Waals surface area (Å²) in [6, 6.07) is 3.48. The minimum absolute atomic E-state index is 0.119. The molecule has 0 spiro atoms. The molecule has 0 radical (unpaired) electrons. The van der Waals surface area contributed by atoms with Crippen molar-refractivity contribution in [1.82, 2.24) is 29.9 Å². The zero-order valence-corrected chi connectivity index (χ0v) is 12.8. The highest BCUT2D eigenvalue weighted by molar-refractivity contribution is 9.10. The van der Waals surface area contributed by atoms with Crippen LogP contribution in [0.1, 0.15) is 29.0 Å².